The number of alkyl halides is 2. The molecule has 2 N–H and O–H groups in total. The summed E-state index contributed by atoms with van der Waals surface area (Å²) in [5, 5.41) is 11.8. The molecule has 4 heterocycles. The molecule has 1 aliphatic heterocycles. The molecule has 0 bridgehead atoms. The molecular formula is C27H29F2N7. The van der Waals surface area contributed by atoms with Crippen molar-refractivity contribution in [1.82, 2.24) is 30.0 Å². The number of hydrogen-bond donors (Lipinski definition) is 2. The first-order valence-corrected chi connectivity index (χ1v) is 11.8. The quantitative estimate of drug-likeness (QED) is 0.363. The summed E-state index contributed by atoms with van der Waals surface area (Å²) in [4.78, 5) is 12.7. The summed E-state index contributed by atoms with van der Waals surface area (Å²) in [6.45, 7) is 5.61. The van der Waals surface area contributed by atoms with Gasteiger partial charge in [0.15, 0.2) is 0 Å². The summed E-state index contributed by atoms with van der Waals surface area (Å²) in [7, 11) is 4.02. The number of aromatic nitrogens is 4. The minimum atomic E-state index is -2.60. The predicted molar refractivity (Wildman–Crippen MR) is 138 cm³/mol. The van der Waals surface area contributed by atoms with Crippen molar-refractivity contribution in [3.05, 3.63) is 78.5 Å². The van der Waals surface area contributed by atoms with Crippen molar-refractivity contribution in [3.8, 4) is 11.1 Å². The molecule has 1 fully saturated rings. The molecule has 0 aliphatic carbocycles. The molecule has 1 aliphatic rings. The molecule has 4 aromatic rings. The van der Waals surface area contributed by atoms with Crippen LogP contribution in [0.2, 0.25) is 0 Å². The SMILES string of the molecule is C=C(Nc1ccc(CN(C)C)nc1)c1n[nH]c2ccc(-c3cncc(CN4CCC(F)(F)C4)c3)cc12. The van der Waals surface area contributed by atoms with Crippen LogP contribution in [0.25, 0.3) is 27.7 Å². The van der Waals surface area contributed by atoms with Crippen LogP contribution < -0.4 is 5.32 Å². The number of pyridine rings is 2. The molecule has 36 heavy (non-hydrogen) atoms. The standard InChI is InChI=1S/C27H29F2N7/c1-18(32-22-5-6-23(31-14-22)16-35(2)3)26-24-11-20(4-7-25(24)33-34-26)21-10-19(12-30-13-21)15-36-9-8-27(28,29)17-36/h4-7,10-14,32H,1,8-9,15-17H2,2-3H3,(H,33,34). The van der Waals surface area contributed by atoms with E-state index in [1.54, 1.807) is 23.5 Å². The highest BCUT2D eigenvalue weighted by atomic mass is 19.3. The largest absolute Gasteiger partial charge is 0.353 e. The molecule has 0 radical (unpaired) electrons. The number of likely N-dealkylation sites (tertiary alicyclic amines) is 1. The smallest absolute Gasteiger partial charge is 0.261 e. The van der Waals surface area contributed by atoms with Gasteiger partial charge in [-0.1, -0.05) is 12.6 Å². The third-order valence-corrected chi connectivity index (χ3v) is 6.23. The molecule has 1 aromatic carbocycles. The Morgan fingerprint density at radius 2 is 2.00 bits per heavy atom. The lowest BCUT2D eigenvalue weighted by atomic mass is 10.0. The lowest BCUT2D eigenvalue weighted by Gasteiger charge is -2.15. The first kappa shape index (κ1) is 24.0. The van der Waals surface area contributed by atoms with E-state index >= 15 is 0 Å². The maximum atomic E-state index is 13.6. The summed E-state index contributed by atoms with van der Waals surface area (Å²) in [6, 6.07) is 12.0. The van der Waals surface area contributed by atoms with Gasteiger partial charge in [-0.2, -0.15) is 5.10 Å². The molecule has 186 valence electrons. The summed E-state index contributed by atoms with van der Waals surface area (Å²) in [5.74, 6) is -2.60. The summed E-state index contributed by atoms with van der Waals surface area (Å²) in [5.41, 5.74) is 6.88. The zero-order valence-corrected chi connectivity index (χ0v) is 20.4. The minimum Gasteiger partial charge on any atom is -0.353 e. The highest BCUT2D eigenvalue weighted by molar-refractivity contribution is 5.95. The lowest BCUT2D eigenvalue weighted by Crippen LogP contribution is -2.24. The summed E-state index contributed by atoms with van der Waals surface area (Å²) < 4.78 is 27.2. The van der Waals surface area contributed by atoms with E-state index in [1.807, 2.05) is 50.5 Å². The van der Waals surface area contributed by atoms with Crippen molar-refractivity contribution in [1.29, 1.82) is 0 Å². The van der Waals surface area contributed by atoms with E-state index < -0.39 is 5.92 Å². The van der Waals surface area contributed by atoms with Crippen LogP contribution in [0.3, 0.4) is 0 Å². The molecule has 9 heteroatoms. The Labute approximate surface area is 208 Å². The van der Waals surface area contributed by atoms with Gasteiger partial charge in [0.2, 0.25) is 0 Å². The zero-order chi connectivity index (χ0) is 25.3. The van der Waals surface area contributed by atoms with Crippen LogP contribution in [-0.4, -0.2) is 63.1 Å². The van der Waals surface area contributed by atoms with Crippen LogP contribution in [0.15, 0.2) is 61.6 Å². The zero-order valence-electron chi connectivity index (χ0n) is 20.4. The molecule has 0 saturated carbocycles. The van der Waals surface area contributed by atoms with Gasteiger partial charge in [-0.15, -0.1) is 0 Å². The number of rotatable bonds is 8. The van der Waals surface area contributed by atoms with Gasteiger partial charge in [0.1, 0.15) is 5.69 Å². The molecule has 0 amide bonds. The van der Waals surface area contributed by atoms with Gasteiger partial charge in [0.05, 0.1) is 35.3 Å². The molecule has 7 nitrogen and oxygen atoms in total. The van der Waals surface area contributed by atoms with Crippen LogP contribution in [0.5, 0.6) is 0 Å². The van der Waals surface area contributed by atoms with Crippen molar-refractivity contribution in [2.75, 3.05) is 32.5 Å². The van der Waals surface area contributed by atoms with Crippen molar-refractivity contribution in [2.45, 2.75) is 25.4 Å². The topological polar surface area (TPSA) is 73.0 Å². The van der Waals surface area contributed by atoms with Gasteiger partial charge in [-0.3, -0.25) is 20.0 Å². The normalized spacial score (nSPS) is 15.6. The number of nitrogens with zero attached hydrogens (tertiary/aromatic N) is 5. The van der Waals surface area contributed by atoms with Crippen LogP contribution in [0.4, 0.5) is 14.5 Å². The van der Waals surface area contributed by atoms with Crippen LogP contribution in [0, 0.1) is 0 Å². The average Bonchev–Trinajstić information content (AvgIpc) is 3.42. The van der Waals surface area contributed by atoms with Gasteiger partial charge in [-0.05, 0) is 55.6 Å². The van der Waals surface area contributed by atoms with Crippen molar-refractivity contribution in [3.63, 3.8) is 0 Å². The number of hydrogen-bond acceptors (Lipinski definition) is 6. The van der Waals surface area contributed by atoms with Crippen LogP contribution in [0.1, 0.15) is 23.4 Å². The Morgan fingerprint density at radius 1 is 1.14 bits per heavy atom. The first-order valence-electron chi connectivity index (χ1n) is 11.8. The Balaban J connectivity index is 1.34. The fourth-order valence-electron chi connectivity index (χ4n) is 4.51. The number of aromatic amines is 1. The molecule has 0 unspecified atom stereocenters. The van der Waals surface area contributed by atoms with Crippen LogP contribution in [-0.2, 0) is 13.1 Å². The van der Waals surface area contributed by atoms with Crippen LogP contribution >= 0.6 is 0 Å². The minimum absolute atomic E-state index is 0.0890. The van der Waals surface area contributed by atoms with E-state index in [2.05, 4.69) is 37.0 Å². The number of benzene rings is 1. The maximum absolute atomic E-state index is 13.6. The monoisotopic (exact) mass is 489 g/mol. The Morgan fingerprint density at radius 3 is 2.72 bits per heavy atom. The number of nitrogens with one attached hydrogen (secondary N) is 2. The third-order valence-electron chi connectivity index (χ3n) is 6.23. The van der Waals surface area contributed by atoms with Crippen molar-refractivity contribution in [2.24, 2.45) is 0 Å². The molecule has 0 spiro atoms. The second-order valence-electron chi connectivity index (χ2n) is 9.61. The highest BCUT2D eigenvalue weighted by Gasteiger charge is 2.37. The Hall–Kier alpha value is -3.69. The van der Waals surface area contributed by atoms with E-state index in [-0.39, 0.29) is 13.0 Å². The number of fused-ring (bicyclic) bond motifs is 1. The molecule has 3 aromatic heterocycles. The van der Waals surface area contributed by atoms with Gasteiger partial charge in [0.25, 0.3) is 5.92 Å². The molecule has 1 saturated heterocycles. The first-order chi connectivity index (χ1) is 17.3. The Kier molecular flexibility index (Phi) is 6.51. The number of H-pyrrole nitrogens is 1. The second-order valence-corrected chi connectivity index (χ2v) is 9.61. The molecule has 0 atom stereocenters. The summed E-state index contributed by atoms with van der Waals surface area (Å²) >= 11 is 0. The van der Waals surface area contributed by atoms with Gasteiger partial charge in [0, 0.05) is 49.4 Å². The molecular weight excluding hydrogens is 460 g/mol. The lowest BCUT2D eigenvalue weighted by molar-refractivity contribution is 0.0115. The van der Waals surface area contributed by atoms with E-state index in [9.17, 15) is 8.78 Å². The molecule has 5 rings (SSSR count). The third kappa shape index (κ3) is 5.42. The van der Waals surface area contributed by atoms with Gasteiger partial charge in [-0.25, -0.2) is 8.78 Å². The average molecular weight is 490 g/mol. The fourth-order valence-corrected chi connectivity index (χ4v) is 4.51. The summed E-state index contributed by atoms with van der Waals surface area (Å²) in [6.07, 6.45) is 5.23. The number of halogens is 2. The maximum Gasteiger partial charge on any atom is 0.261 e. The van der Waals surface area contributed by atoms with Crippen molar-refractivity contribution >= 4 is 22.3 Å². The number of anilines is 1. The van der Waals surface area contributed by atoms with E-state index in [1.165, 1.54) is 0 Å². The second kappa shape index (κ2) is 9.75. The highest BCUT2D eigenvalue weighted by Crippen LogP contribution is 2.30. The van der Waals surface area contributed by atoms with Gasteiger partial charge >= 0.3 is 0 Å². The van der Waals surface area contributed by atoms with Gasteiger partial charge < -0.3 is 10.2 Å². The van der Waals surface area contributed by atoms with E-state index in [0.717, 1.165) is 45.5 Å². The fraction of sp³-hybridized carbons (Fsp3) is 0.296. The van der Waals surface area contributed by atoms with E-state index in [4.69, 9.17) is 0 Å². The predicted octanol–water partition coefficient (Wildman–Crippen LogP) is 5.01. The van der Waals surface area contributed by atoms with Crippen molar-refractivity contribution < 1.29 is 8.78 Å². The van der Waals surface area contributed by atoms with E-state index in [0.29, 0.717) is 24.5 Å². The Bertz CT molecular complexity index is 1380.